The van der Waals surface area contributed by atoms with Gasteiger partial charge in [-0.1, -0.05) is 36.4 Å². The number of carbonyl (C=O) groups is 1. The van der Waals surface area contributed by atoms with Crippen molar-refractivity contribution in [1.29, 1.82) is 0 Å². The number of carbonyl (C=O) groups excluding carboxylic acids is 1. The lowest BCUT2D eigenvalue weighted by molar-refractivity contribution is 0.0708. The molecule has 0 bridgehead atoms. The third kappa shape index (κ3) is 4.65. The summed E-state index contributed by atoms with van der Waals surface area (Å²) in [5.41, 5.74) is 2.41. The van der Waals surface area contributed by atoms with Gasteiger partial charge in [0, 0.05) is 35.9 Å². The molecular weight excluding hydrogens is 334 g/mol. The van der Waals surface area contributed by atoms with Crippen LogP contribution in [-0.4, -0.2) is 34.0 Å². The van der Waals surface area contributed by atoms with E-state index in [0.29, 0.717) is 12.1 Å². The average Bonchev–Trinajstić information content (AvgIpc) is 3.15. The summed E-state index contributed by atoms with van der Waals surface area (Å²) >= 11 is 1.50. The fourth-order valence-corrected chi connectivity index (χ4v) is 3.05. The molecule has 0 aliphatic rings. The average molecular weight is 353 g/mol. The molecule has 0 saturated heterocycles. The second-order valence-electron chi connectivity index (χ2n) is 5.48. The van der Waals surface area contributed by atoms with Gasteiger partial charge in [-0.05, 0) is 23.8 Å². The Morgan fingerprint density at radius 2 is 2.00 bits per heavy atom. The largest absolute Gasteiger partial charge is 0.395 e. The summed E-state index contributed by atoms with van der Waals surface area (Å²) in [6.07, 6.45) is 1.73. The number of anilines is 2. The van der Waals surface area contributed by atoms with Gasteiger partial charge in [-0.15, -0.1) is 11.3 Å². The molecule has 6 heteroatoms. The van der Waals surface area contributed by atoms with Crippen LogP contribution in [0.2, 0.25) is 0 Å². The number of thiazole rings is 1. The number of aromatic nitrogens is 1. The molecule has 0 spiro atoms. The molecule has 2 aromatic carbocycles. The molecular formula is C19H19N3O2S. The first-order valence-electron chi connectivity index (χ1n) is 7.97. The number of nitrogens with zero attached hydrogens (tertiary/aromatic N) is 2. The maximum atomic E-state index is 12.9. The van der Waals surface area contributed by atoms with Gasteiger partial charge in [0.25, 0.3) is 5.91 Å². The van der Waals surface area contributed by atoms with Crippen molar-refractivity contribution in [3.8, 4) is 0 Å². The van der Waals surface area contributed by atoms with E-state index in [1.165, 1.54) is 11.3 Å². The predicted octanol–water partition coefficient (Wildman–Crippen LogP) is 3.52. The molecule has 0 aliphatic heterocycles. The van der Waals surface area contributed by atoms with E-state index in [-0.39, 0.29) is 19.1 Å². The van der Waals surface area contributed by atoms with Crippen molar-refractivity contribution < 1.29 is 9.90 Å². The number of benzene rings is 2. The lowest BCUT2D eigenvalue weighted by Gasteiger charge is -2.22. The summed E-state index contributed by atoms with van der Waals surface area (Å²) in [5.74, 6) is -0.110. The van der Waals surface area contributed by atoms with E-state index in [0.717, 1.165) is 16.4 Å². The molecule has 1 amide bonds. The second kappa shape index (κ2) is 8.41. The molecule has 1 aromatic heterocycles. The highest BCUT2D eigenvalue weighted by Crippen LogP contribution is 2.20. The van der Waals surface area contributed by atoms with E-state index < -0.39 is 0 Å². The maximum absolute atomic E-state index is 12.9. The molecule has 128 valence electrons. The highest BCUT2D eigenvalue weighted by atomic mass is 32.1. The summed E-state index contributed by atoms with van der Waals surface area (Å²) in [7, 11) is 0. The molecule has 0 saturated carbocycles. The van der Waals surface area contributed by atoms with E-state index in [1.807, 2.05) is 47.8 Å². The number of aliphatic hydroxyl groups is 1. The van der Waals surface area contributed by atoms with Crippen molar-refractivity contribution in [3.05, 3.63) is 77.3 Å². The van der Waals surface area contributed by atoms with Crippen molar-refractivity contribution >= 4 is 28.1 Å². The lowest BCUT2D eigenvalue weighted by atomic mass is 10.1. The van der Waals surface area contributed by atoms with Gasteiger partial charge in [0.2, 0.25) is 0 Å². The van der Waals surface area contributed by atoms with Crippen LogP contribution in [0.5, 0.6) is 0 Å². The predicted molar refractivity (Wildman–Crippen MR) is 100 cm³/mol. The fourth-order valence-electron chi connectivity index (χ4n) is 2.50. The number of rotatable bonds is 7. The highest BCUT2D eigenvalue weighted by molar-refractivity contribution is 7.13. The van der Waals surface area contributed by atoms with Crippen LogP contribution in [0.25, 0.3) is 0 Å². The van der Waals surface area contributed by atoms with Crippen molar-refractivity contribution in [2.75, 3.05) is 18.5 Å². The Bertz CT molecular complexity index is 807. The summed E-state index contributed by atoms with van der Waals surface area (Å²) in [6.45, 7) is 0.678. The Balaban J connectivity index is 1.77. The Morgan fingerprint density at radius 1 is 1.16 bits per heavy atom. The summed E-state index contributed by atoms with van der Waals surface area (Å²) in [4.78, 5) is 18.7. The Hall–Kier alpha value is -2.70. The molecule has 3 rings (SSSR count). The molecule has 0 aliphatic carbocycles. The van der Waals surface area contributed by atoms with Gasteiger partial charge in [-0.2, -0.15) is 0 Å². The maximum Gasteiger partial charge on any atom is 0.254 e. The Labute approximate surface area is 150 Å². The lowest BCUT2D eigenvalue weighted by Crippen LogP contribution is -2.33. The van der Waals surface area contributed by atoms with Crippen molar-refractivity contribution in [2.45, 2.75) is 6.54 Å². The first-order chi connectivity index (χ1) is 12.3. The third-order valence-corrected chi connectivity index (χ3v) is 4.36. The van der Waals surface area contributed by atoms with E-state index >= 15 is 0 Å². The fraction of sp³-hybridized carbons (Fsp3) is 0.158. The SMILES string of the molecule is O=C(c1cccc(Nc2nccs2)c1)N(CCO)Cc1ccccc1. The zero-order valence-corrected chi connectivity index (χ0v) is 14.4. The van der Waals surface area contributed by atoms with Crippen LogP contribution in [-0.2, 0) is 6.54 Å². The summed E-state index contributed by atoms with van der Waals surface area (Å²) < 4.78 is 0. The number of hydrogen-bond acceptors (Lipinski definition) is 5. The van der Waals surface area contributed by atoms with E-state index in [2.05, 4.69) is 10.3 Å². The molecule has 2 N–H and O–H groups in total. The molecule has 25 heavy (non-hydrogen) atoms. The van der Waals surface area contributed by atoms with E-state index in [4.69, 9.17) is 0 Å². The molecule has 5 nitrogen and oxygen atoms in total. The van der Waals surface area contributed by atoms with Crippen LogP contribution in [0, 0.1) is 0 Å². The molecule has 0 atom stereocenters. The standard InChI is InChI=1S/C19H19N3O2S/c23-11-10-22(14-15-5-2-1-3-6-15)18(24)16-7-4-8-17(13-16)21-19-20-9-12-25-19/h1-9,12-13,23H,10-11,14H2,(H,20,21). The van der Waals surface area contributed by atoms with Gasteiger partial charge in [-0.25, -0.2) is 4.98 Å². The quantitative estimate of drug-likeness (QED) is 0.682. The van der Waals surface area contributed by atoms with Gasteiger partial charge in [0.1, 0.15) is 0 Å². The highest BCUT2D eigenvalue weighted by Gasteiger charge is 2.16. The zero-order valence-electron chi connectivity index (χ0n) is 13.6. The molecule has 0 fully saturated rings. The van der Waals surface area contributed by atoms with Gasteiger partial charge >= 0.3 is 0 Å². The Kier molecular flexibility index (Phi) is 5.77. The van der Waals surface area contributed by atoms with E-state index in [9.17, 15) is 9.90 Å². The number of aliphatic hydroxyl groups excluding tert-OH is 1. The number of amides is 1. The topological polar surface area (TPSA) is 65.5 Å². The molecule has 0 radical (unpaired) electrons. The third-order valence-electron chi connectivity index (χ3n) is 3.67. The van der Waals surface area contributed by atoms with Crippen LogP contribution in [0.1, 0.15) is 15.9 Å². The summed E-state index contributed by atoms with van der Waals surface area (Å²) in [5, 5.41) is 15.2. The number of nitrogens with one attached hydrogen (secondary N) is 1. The number of hydrogen-bond donors (Lipinski definition) is 2. The van der Waals surface area contributed by atoms with Gasteiger partial charge in [-0.3, -0.25) is 4.79 Å². The second-order valence-corrected chi connectivity index (χ2v) is 6.37. The van der Waals surface area contributed by atoms with Gasteiger partial charge in [0.05, 0.1) is 6.61 Å². The monoisotopic (exact) mass is 353 g/mol. The van der Waals surface area contributed by atoms with Crippen molar-refractivity contribution in [3.63, 3.8) is 0 Å². The Morgan fingerprint density at radius 3 is 2.72 bits per heavy atom. The zero-order chi connectivity index (χ0) is 17.5. The van der Waals surface area contributed by atoms with Crippen molar-refractivity contribution in [2.24, 2.45) is 0 Å². The normalized spacial score (nSPS) is 10.4. The van der Waals surface area contributed by atoms with Crippen LogP contribution < -0.4 is 5.32 Å². The minimum Gasteiger partial charge on any atom is -0.395 e. The van der Waals surface area contributed by atoms with Gasteiger partial charge < -0.3 is 15.3 Å². The molecule has 1 heterocycles. The summed E-state index contributed by atoms with van der Waals surface area (Å²) in [6, 6.07) is 17.1. The minimum atomic E-state index is -0.110. The van der Waals surface area contributed by atoms with Crippen LogP contribution >= 0.6 is 11.3 Å². The first-order valence-corrected chi connectivity index (χ1v) is 8.85. The van der Waals surface area contributed by atoms with Crippen LogP contribution in [0.3, 0.4) is 0 Å². The van der Waals surface area contributed by atoms with Crippen molar-refractivity contribution in [1.82, 2.24) is 9.88 Å². The first kappa shape index (κ1) is 17.1. The molecule has 3 aromatic rings. The smallest absolute Gasteiger partial charge is 0.254 e. The van der Waals surface area contributed by atoms with Gasteiger partial charge in [0.15, 0.2) is 5.13 Å². The minimum absolute atomic E-state index is 0.0738. The molecule has 0 unspecified atom stereocenters. The van der Waals surface area contributed by atoms with E-state index in [1.54, 1.807) is 23.2 Å². The van der Waals surface area contributed by atoms with Crippen LogP contribution in [0.4, 0.5) is 10.8 Å². The van der Waals surface area contributed by atoms with Crippen LogP contribution in [0.15, 0.2) is 66.2 Å².